The van der Waals surface area contributed by atoms with E-state index in [1.54, 1.807) is 11.3 Å². The number of aliphatic hydroxyl groups is 1. The molecule has 1 saturated heterocycles. The highest BCUT2D eigenvalue weighted by molar-refractivity contribution is 7.10. The molecule has 24 heavy (non-hydrogen) atoms. The predicted octanol–water partition coefficient (Wildman–Crippen LogP) is 3.30. The lowest BCUT2D eigenvalue weighted by Gasteiger charge is -2.37. The molecule has 0 aromatic carbocycles. The van der Waals surface area contributed by atoms with Crippen LogP contribution in [0.3, 0.4) is 0 Å². The predicted molar refractivity (Wildman–Crippen MR) is 96.7 cm³/mol. The fourth-order valence-electron chi connectivity index (χ4n) is 2.99. The minimum absolute atomic E-state index is 0.116. The number of aryl methyl sites for hydroxylation is 1. The standard InChI is InChI=1S/C18H25N3O2S/c1-12(2)18-19-13(3)9-17(20-18)21-6-7-23-11-14(21)10-15(22)16-5-4-8-24-16/h4-5,8-9,12,14-15,22H,6-7,10-11H2,1-3H3. The fraction of sp³-hybridized carbons (Fsp3) is 0.556. The zero-order valence-corrected chi connectivity index (χ0v) is 15.3. The van der Waals surface area contributed by atoms with Gasteiger partial charge in [-0.05, 0) is 18.4 Å². The highest BCUT2D eigenvalue weighted by Gasteiger charge is 2.28. The maximum absolute atomic E-state index is 10.5. The van der Waals surface area contributed by atoms with Crippen LogP contribution in [0, 0.1) is 6.92 Å². The molecule has 2 aromatic heterocycles. The van der Waals surface area contributed by atoms with Crippen molar-refractivity contribution in [1.29, 1.82) is 0 Å². The van der Waals surface area contributed by atoms with Gasteiger partial charge in [-0.15, -0.1) is 11.3 Å². The highest BCUT2D eigenvalue weighted by Crippen LogP contribution is 2.28. The van der Waals surface area contributed by atoms with E-state index < -0.39 is 6.10 Å². The third-order valence-electron chi connectivity index (χ3n) is 4.26. The van der Waals surface area contributed by atoms with Crippen molar-refractivity contribution in [3.63, 3.8) is 0 Å². The molecule has 3 rings (SSSR count). The smallest absolute Gasteiger partial charge is 0.133 e. The van der Waals surface area contributed by atoms with Crippen molar-refractivity contribution in [2.45, 2.75) is 45.3 Å². The Morgan fingerprint density at radius 2 is 2.25 bits per heavy atom. The molecule has 0 amide bonds. The monoisotopic (exact) mass is 347 g/mol. The van der Waals surface area contributed by atoms with Gasteiger partial charge in [0.15, 0.2) is 0 Å². The van der Waals surface area contributed by atoms with Crippen LogP contribution < -0.4 is 4.90 Å². The molecule has 0 bridgehead atoms. The Labute approximate surface area is 147 Å². The van der Waals surface area contributed by atoms with Crippen molar-refractivity contribution < 1.29 is 9.84 Å². The van der Waals surface area contributed by atoms with Gasteiger partial charge in [-0.3, -0.25) is 0 Å². The summed E-state index contributed by atoms with van der Waals surface area (Å²) in [5, 5.41) is 12.5. The first kappa shape index (κ1) is 17.3. The number of thiophene rings is 1. The van der Waals surface area contributed by atoms with Crippen molar-refractivity contribution in [3.8, 4) is 0 Å². The van der Waals surface area contributed by atoms with E-state index in [0.717, 1.165) is 28.8 Å². The van der Waals surface area contributed by atoms with Gasteiger partial charge in [-0.25, -0.2) is 9.97 Å². The summed E-state index contributed by atoms with van der Waals surface area (Å²) in [6, 6.07) is 6.10. The summed E-state index contributed by atoms with van der Waals surface area (Å²) in [5.74, 6) is 2.10. The highest BCUT2D eigenvalue weighted by atomic mass is 32.1. The van der Waals surface area contributed by atoms with Crippen LogP contribution in [0.4, 0.5) is 5.82 Å². The molecule has 0 radical (unpaired) electrons. The Balaban J connectivity index is 1.82. The second-order valence-electron chi connectivity index (χ2n) is 6.57. The number of morpholine rings is 1. The van der Waals surface area contributed by atoms with Crippen LogP contribution in [0.2, 0.25) is 0 Å². The van der Waals surface area contributed by atoms with Crippen molar-refractivity contribution in [3.05, 3.63) is 40.0 Å². The minimum Gasteiger partial charge on any atom is -0.387 e. The van der Waals surface area contributed by atoms with E-state index in [1.165, 1.54) is 0 Å². The van der Waals surface area contributed by atoms with Crippen molar-refractivity contribution in [2.24, 2.45) is 0 Å². The molecule has 130 valence electrons. The Morgan fingerprint density at radius 1 is 1.42 bits per heavy atom. The number of nitrogens with zero attached hydrogens (tertiary/aromatic N) is 3. The van der Waals surface area contributed by atoms with E-state index in [1.807, 2.05) is 30.5 Å². The average molecular weight is 347 g/mol. The van der Waals surface area contributed by atoms with E-state index in [-0.39, 0.29) is 6.04 Å². The third kappa shape index (κ3) is 3.94. The first-order valence-corrected chi connectivity index (χ1v) is 9.34. The van der Waals surface area contributed by atoms with Gasteiger partial charge >= 0.3 is 0 Å². The second-order valence-corrected chi connectivity index (χ2v) is 7.55. The molecule has 2 unspecified atom stereocenters. The Kier molecular flexibility index (Phi) is 5.48. The van der Waals surface area contributed by atoms with Gasteiger partial charge in [0.2, 0.25) is 0 Å². The zero-order valence-electron chi connectivity index (χ0n) is 14.5. The fourth-order valence-corrected chi connectivity index (χ4v) is 3.71. The lowest BCUT2D eigenvalue weighted by atomic mass is 10.1. The topological polar surface area (TPSA) is 58.5 Å². The average Bonchev–Trinajstić information content (AvgIpc) is 3.09. The van der Waals surface area contributed by atoms with Gasteiger partial charge in [-0.1, -0.05) is 19.9 Å². The Morgan fingerprint density at radius 3 is 2.96 bits per heavy atom. The summed E-state index contributed by atoms with van der Waals surface area (Å²) in [4.78, 5) is 12.6. The summed E-state index contributed by atoms with van der Waals surface area (Å²) in [7, 11) is 0. The van der Waals surface area contributed by atoms with Gasteiger partial charge in [0.05, 0.1) is 25.4 Å². The van der Waals surface area contributed by atoms with Crippen molar-refractivity contribution in [1.82, 2.24) is 9.97 Å². The largest absolute Gasteiger partial charge is 0.387 e. The van der Waals surface area contributed by atoms with E-state index in [9.17, 15) is 5.11 Å². The molecule has 6 heteroatoms. The van der Waals surface area contributed by atoms with Crippen LogP contribution in [0.5, 0.6) is 0 Å². The van der Waals surface area contributed by atoms with Gasteiger partial charge in [0, 0.05) is 35.5 Å². The Bertz CT molecular complexity index is 660. The van der Waals surface area contributed by atoms with Crippen LogP contribution in [0.15, 0.2) is 23.6 Å². The molecule has 1 aliphatic rings. The first-order valence-electron chi connectivity index (χ1n) is 8.46. The number of rotatable bonds is 5. The number of hydrogen-bond donors (Lipinski definition) is 1. The molecule has 5 nitrogen and oxygen atoms in total. The van der Waals surface area contributed by atoms with E-state index in [0.29, 0.717) is 25.6 Å². The van der Waals surface area contributed by atoms with Gasteiger partial charge in [0.25, 0.3) is 0 Å². The van der Waals surface area contributed by atoms with E-state index >= 15 is 0 Å². The van der Waals surface area contributed by atoms with Crippen LogP contribution in [-0.2, 0) is 4.74 Å². The summed E-state index contributed by atoms with van der Waals surface area (Å²) in [5.41, 5.74) is 0.979. The molecule has 2 aromatic rings. The van der Waals surface area contributed by atoms with Crippen LogP contribution in [0.25, 0.3) is 0 Å². The van der Waals surface area contributed by atoms with Crippen LogP contribution in [-0.4, -0.2) is 40.9 Å². The van der Waals surface area contributed by atoms with Gasteiger partial charge in [0.1, 0.15) is 11.6 Å². The molecule has 2 atom stereocenters. The molecule has 3 heterocycles. The normalized spacial score (nSPS) is 19.7. The molecule has 0 aliphatic carbocycles. The summed E-state index contributed by atoms with van der Waals surface area (Å²) in [6.45, 7) is 8.31. The summed E-state index contributed by atoms with van der Waals surface area (Å²) in [6.07, 6.45) is 0.173. The van der Waals surface area contributed by atoms with Gasteiger partial charge < -0.3 is 14.7 Å². The van der Waals surface area contributed by atoms with Crippen molar-refractivity contribution in [2.75, 3.05) is 24.7 Å². The summed E-state index contributed by atoms with van der Waals surface area (Å²) >= 11 is 1.59. The molecule has 0 saturated carbocycles. The zero-order chi connectivity index (χ0) is 17.1. The van der Waals surface area contributed by atoms with Crippen LogP contribution >= 0.6 is 11.3 Å². The third-order valence-corrected chi connectivity index (χ3v) is 5.24. The number of ether oxygens (including phenoxy) is 1. The molecular weight excluding hydrogens is 322 g/mol. The number of anilines is 1. The quantitative estimate of drug-likeness (QED) is 0.899. The van der Waals surface area contributed by atoms with E-state index in [4.69, 9.17) is 9.72 Å². The lowest BCUT2D eigenvalue weighted by Crippen LogP contribution is -2.46. The SMILES string of the molecule is Cc1cc(N2CCOCC2CC(O)c2cccs2)nc(C(C)C)n1. The lowest BCUT2D eigenvalue weighted by molar-refractivity contribution is 0.0684. The molecule has 1 fully saturated rings. The van der Waals surface area contributed by atoms with Crippen molar-refractivity contribution >= 4 is 17.2 Å². The molecule has 0 spiro atoms. The molecule has 1 aliphatic heterocycles. The minimum atomic E-state index is -0.466. The van der Waals surface area contributed by atoms with Gasteiger partial charge in [-0.2, -0.15) is 0 Å². The molecular formula is C18H25N3O2S. The van der Waals surface area contributed by atoms with Crippen LogP contribution in [0.1, 0.15) is 48.7 Å². The maximum atomic E-state index is 10.5. The number of hydrogen-bond acceptors (Lipinski definition) is 6. The van der Waals surface area contributed by atoms with E-state index in [2.05, 4.69) is 23.7 Å². The molecule has 1 N–H and O–H groups in total. The summed E-state index contributed by atoms with van der Waals surface area (Å²) < 4.78 is 5.67. The second kappa shape index (κ2) is 7.59. The number of aromatic nitrogens is 2. The maximum Gasteiger partial charge on any atom is 0.133 e. The number of aliphatic hydroxyl groups excluding tert-OH is 1. The first-order chi connectivity index (χ1) is 11.5. The Hall–Kier alpha value is -1.50.